The number of hydrogen-bond donors (Lipinski definition) is 0. The van der Waals surface area contributed by atoms with Gasteiger partial charge in [-0.1, -0.05) is 18.2 Å². The van der Waals surface area contributed by atoms with Crippen LogP contribution in [0.15, 0.2) is 48.7 Å². The summed E-state index contributed by atoms with van der Waals surface area (Å²) < 4.78 is 0. The molecule has 0 aliphatic carbocycles. The van der Waals surface area contributed by atoms with E-state index in [1.165, 1.54) is 4.90 Å². The van der Waals surface area contributed by atoms with Crippen molar-refractivity contribution in [2.75, 3.05) is 25.5 Å². The first-order valence-electron chi connectivity index (χ1n) is 8.06. The van der Waals surface area contributed by atoms with Crippen molar-refractivity contribution in [1.29, 1.82) is 0 Å². The van der Waals surface area contributed by atoms with E-state index in [-0.39, 0.29) is 17.7 Å². The van der Waals surface area contributed by atoms with Crippen molar-refractivity contribution >= 4 is 17.5 Å². The van der Waals surface area contributed by atoms with Gasteiger partial charge in [0, 0.05) is 44.6 Å². The quantitative estimate of drug-likeness (QED) is 0.868. The molecule has 1 saturated heterocycles. The molecule has 2 aromatic rings. The molecule has 2 amide bonds. The van der Waals surface area contributed by atoms with Gasteiger partial charge < -0.3 is 9.80 Å². The molecule has 1 atom stereocenters. The van der Waals surface area contributed by atoms with Crippen LogP contribution in [-0.2, 0) is 11.2 Å². The Bertz CT molecular complexity index is 726. The number of para-hydroxylation sites is 1. The first kappa shape index (κ1) is 16.2. The molecule has 1 aromatic carbocycles. The maximum Gasteiger partial charge on any atom is 0.254 e. The van der Waals surface area contributed by atoms with E-state index in [1.807, 2.05) is 41.3 Å². The SMILES string of the molecule is CN(C)C(=O)c1ccc(C[C@@H]2CC(=O)N(c3ccccc3)C2)nc1. The monoisotopic (exact) mass is 323 g/mol. The molecule has 0 unspecified atom stereocenters. The average Bonchev–Trinajstić information content (AvgIpc) is 2.96. The van der Waals surface area contributed by atoms with Gasteiger partial charge in [0.1, 0.15) is 0 Å². The molecule has 24 heavy (non-hydrogen) atoms. The highest BCUT2D eigenvalue weighted by molar-refractivity contribution is 5.95. The zero-order valence-corrected chi connectivity index (χ0v) is 14.0. The Morgan fingerprint density at radius 2 is 1.96 bits per heavy atom. The van der Waals surface area contributed by atoms with Gasteiger partial charge in [-0.2, -0.15) is 0 Å². The van der Waals surface area contributed by atoms with Gasteiger partial charge >= 0.3 is 0 Å². The topological polar surface area (TPSA) is 53.5 Å². The van der Waals surface area contributed by atoms with Gasteiger partial charge in [-0.25, -0.2) is 0 Å². The number of aromatic nitrogens is 1. The van der Waals surface area contributed by atoms with Gasteiger partial charge in [-0.15, -0.1) is 0 Å². The number of hydrogen-bond acceptors (Lipinski definition) is 3. The van der Waals surface area contributed by atoms with E-state index >= 15 is 0 Å². The summed E-state index contributed by atoms with van der Waals surface area (Å²) in [7, 11) is 3.44. The van der Waals surface area contributed by atoms with Crippen molar-refractivity contribution in [2.24, 2.45) is 5.92 Å². The number of benzene rings is 1. The number of carbonyl (C=O) groups excluding carboxylic acids is 2. The highest BCUT2D eigenvalue weighted by atomic mass is 16.2. The van der Waals surface area contributed by atoms with E-state index in [0.717, 1.165) is 17.8 Å². The van der Waals surface area contributed by atoms with Gasteiger partial charge in [0.25, 0.3) is 5.91 Å². The van der Waals surface area contributed by atoms with Crippen molar-refractivity contribution in [1.82, 2.24) is 9.88 Å². The summed E-state index contributed by atoms with van der Waals surface area (Å²) in [5.74, 6) is 0.353. The predicted molar refractivity (Wildman–Crippen MR) is 92.9 cm³/mol. The first-order valence-corrected chi connectivity index (χ1v) is 8.06. The van der Waals surface area contributed by atoms with Crippen LogP contribution in [0.5, 0.6) is 0 Å². The lowest BCUT2D eigenvalue weighted by atomic mass is 10.0. The Morgan fingerprint density at radius 1 is 1.21 bits per heavy atom. The molecule has 0 spiro atoms. The Labute approximate surface area is 141 Å². The molecule has 1 aliphatic rings. The number of pyridine rings is 1. The van der Waals surface area contributed by atoms with Crippen LogP contribution in [0.4, 0.5) is 5.69 Å². The standard InChI is InChI=1S/C19H21N3O2/c1-21(2)19(24)15-8-9-16(20-12-15)10-14-11-18(23)22(13-14)17-6-4-3-5-7-17/h3-9,12,14H,10-11,13H2,1-2H3/t14-/m1/s1. The van der Waals surface area contributed by atoms with Crippen LogP contribution >= 0.6 is 0 Å². The Kier molecular flexibility index (Phi) is 4.60. The average molecular weight is 323 g/mol. The van der Waals surface area contributed by atoms with E-state index in [9.17, 15) is 9.59 Å². The fourth-order valence-electron chi connectivity index (χ4n) is 3.00. The van der Waals surface area contributed by atoms with Crippen molar-refractivity contribution in [3.8, 4) is 0 Å². The van der Waals surface area contributed by atoms with Gasteiger partial charge in [-0.05, 0) is 36.6 Å². The second-order valence-corrected chi connectivity index (χ2v) is 6.35. The van der Waals surface area contributed by atoms with Crippen LogP contribution in [0, 0.1) is 5.92 Å². The van der Waals surface area contributed by atoms with Crippen molar-refractivity contribution in [3.63, 3.8) is 0 Å². The smallest absolute Gasteiger partial charge is 0.254 e. The molecule has 0 N–H and O–H groups in total. The van der Waals surface area contributed by atoms with Crippen molar-refractivity contribution in [3.05, 3.63) is 59.9 Å². The molecule has 0 bridgehead atoms. The summed E-state index contributed by atoms with van der Waals surface area (Å²) in [5, 5.41) is 0. The molecule has 0 saturated carbocycles. The summed E-state index contributed by atoms with van der Waals surface area (Å²) in [6, 6.07) is 13.4. The van der Waals surface area contributed by atoms with E-state index in [4.69, 9.17) is 0 Å². The molecule has 0 radical (unpaired) electrons. The Morgan fingerprint density at radius 3 is 2.58 bits per heavy atom. The maximum atomic E-state index is 12.2. The van der Waals surface area contributed by atoms with Crippen LogP contribution in [0.3, 0.4) is 0 Å². The van der Waals surface area contributed by atoms with Crippen LogP contribution < -0.4 is 4.90 Å². The van der Waals surface area contributed by atoms with Crippen LogP contribution in [0.2, 0.25) is 0 Å². The summed E-state index contributed by atoms with van der Waals surface area (Å²) in [6.07, 6.45) is 2.89. The first-order chi connectivity index (χ1) is 11.5. The third kappa shape index (κ3) is 3.45. The summed E-state index contributed by atoms with van der Waals surface area (Å²) >= 11 is 0. The Hall–Kier alpha value is -2.69. The van der Waals surface area contributed by atoms with E-state index in [0.29, 0.717) is 18.5 Å². The summed E-state index contributed by atoms with van der Waals surface area (Å²) in [4.78, 5) is 31.9. The number of carbonyl (C=O) groups is 2. The highest BCUT2D eigenvalue weighted by Gasteiger charge is 2.30. The Balaban J connectivity index is 1.65. The zero-order valence-electron chi connectivity index (χ0n) is 14.0. The molecule has 2 heterocycles. The zero-order chi connectivity index (χ0) is 17.1. The number of nitrogens with zero attached hydrogens (tertiary/aromatic N) is 3. The van der Waals surface area contributed by atoms with Crippen LogP contribution in [0.25, 0.3) is 0 Å². The number of amides is 2. The molecular formula is C19H21N3O2. The largest absolute Gasteiger partial charge is 0.345 e. The maximum absolute atomic E-state index is 12.2. The fourth-order valence-corrected chi connectivity index (χ4v) is 3.00. The highest BCUT2D eigenvalue weighted by Crippen LogP contribution is 2.26. The van der Waals surface area contributed by atoms with Crippen molar-refractivity contribution < 1.29 is 9.59 Å². The lowest BCUT2D eigenvalue weighted by Crippen LogP contribution is -2.24. The molecular weight excluding hydrogens is 302 g/mol. The van der Waals surface area contributed by atoms with E-state index in [1.54, 1.807) is 26.4 Å². The number of anilines is 1. The molecule has 5 nitrogen and oxygen atoms in total. The van der Waals surface area contributed by atoms with Crippen LogP contribution in [-0.4, -0.2) is 42.3 Å². The van der Waals surface area contributed by atoms with Crippen molar-refractivity contribution in [2.45, 2.75) is 12.8 Å². The molecule has 1 fully saturated rings. The number of rotatable bonds is 4. The fraction of sp³-hybridized carbons (Fsp3) is 0.316. The molecule has 5 heteroatoms. The molecule has 3 rings (SSSR count). The van der Waals surface area contributed by atoms with Gasteiger partial charge in [0.2, 0.25) is 5.91 Å². The van der Waals surface area contributed by atoms with Gasteiger partial charge in [-0.3, -0.25) is 14.6 Å². The van der Waals surface area contributed by atoms with E-state index in [2.05, 4.69) is 4.98 Å². The minimum Gasteiger partial charge on any atom is -0.345 e. The molecule has 1 aromatic heterocycles. The lowest BCUT2D eigenvalue weighted by molar-refractivity contribution is -0.117. The van der Waals surface area contributed by atoms with Gasteiger partial charge in [0.15, 0.2) is 0 Å². The third-order valence-corrected chi connectivity index (χ3v) is 4.25. The second kappa shape index (κ2) is 6.83. The van der Waals surface area contributed by atoms with E-state index < -0.39 is 0 Å². The van der Waals surface area contributed by atoms with Crippen LogP contribution in [0.1, 0.15) is 22.5 Å². The summed E-state index contributed by atoms with van der Waals surface area (Å²) in [5.41, 5.74) is 2.44. The third-order valence-electron chi connectivity index (χ3n) is 4.25. The van der Waals surface area contributed by atoms with Gasteiger partial charge in [0.05, 0.1) is 5.56 Å². The predicted octanol–water partition coefficient (Wildman–Crippen LogP) is 2.38. The summed E-state index contributed by atoms with van der Waals surface area (Å²) in [6.45, 7) is 0.711. The second-order valence-electron chi connectivity index (χ2n) is 6.35. The molecule has 1 aliphatic heterocycles. The minimum atomic E-state index is -0.0552. The normalized spacial score (nSPS) is 17.2. The molecule has 124 valence electrons. The lowest BCUT2D eigenvalue weighted by Gasteiger charge is -2.16. The minimum absolute atomic E-state index is 0.0552.